The molecule has 0 aliphatic carbocycles. The van der Waals surface area contributed by atoms with Crippen LogP contribution in [0.15, 0.2) is 41.5 Å². The highest BCUT2D eigenvalue weighted by Gasteiger charge is 2.10. The fraction of sp³-hybridized carbons (Fsp3) is 0.222. The summed E-state index contributed by atoms with van der Waals surface area (Å²) in [5.41, 5.74) is 4.89. The Morgan fingerprint density at radius 2 is 2.16 bits per heavy atom. The Labute approximate surface area is 164 Å². The average Bonchev–Trinajstić information content (AvgIpc) is 3.03. The first-order valence-electron chi connectivity index (χ1n) is 7.86. The second kappa shape index (κ2) is 8.48. The van der Waals surface area contributed by atoms with E-state index in [1.807, 2.05) is 36.4 Å². The van der Waals surface area contributed by atoms with Gasteiger partial charge in [0.25, 0.3) is 0 Å². The van der Waals surface area contributed by atoms with Crippen molar-refractivity contribution in [1.82, 2.24) is 4.98 Å². The summed E-state index contributed by atoms with van der Waals surface area (Å²) < 4.78 is 13.3. The summed E-state index contributed by atoms with van der Waals surface area (Å²) in [5.74, 6) is 1.49. The number of rotatable bonds is 7. The summed E-state index contributed by atoms with van der Waals surface area (Å²) in [7, 11) is 1.64. The number of hydrogen-bond donors (Lipinski definition) is 1. The fourth-order valence-electron chi connectivity index (χ4n) is 2.24. The molecule has 2 aromatic carbocycles. The Bertz CT molecular complexity index is 862. The number of halogens is 1. The van der Waals surface area contributed by atoms with Gasteiger partial charge in [-0.1, -0.05) is 30.4 Å². The van der Waals surface area contributed by atoms with E-state index in [9.17, 15) is 0 Å². The van der Waals surface area contributed by atoms with E-state index in [0.29, 0.717) is 12.4 Å². The fourth-order valence-corrected chi connectivity index (χ4v) is 3.84. The van der Waals surface area contributed by atoms with E-state index in [2.05, 4.69) is 45.0 Å². The predicted molar refractivity (Wildman–Crippen MR) is 112 cm³/mol. The van der Waals surface area contributed by atoms with Crippen molar-refractivity contribution in [3.8, 4) is 11.5 Å². The molecule has 3 aromatic rings. The number of nitrogens with one attached hydrogen (secondary N) is 1. The van der Waals surface area contributed by atoms with Crippen LogP contribution in [-0.4, -0.2) is 24.9 Å². The van der Waals surface area contributed by atoms with Crippen molar-refractivity contribution in [1.29, 1.82) is 0 Å². The minimum Gasteiger partial charge on any atom is -0.493 e. The third-order valence-corrected chi connectivity index (χ3v) is 5.11. The van der Waals surface area contributed by atoms with Crippen LogP contribution in [0.4, 0.5) is 5.13 Å². The summed E-state index contributed by atoms with van der Waals surface area (Å²) in [5, 5.41) is 5.05. The first-order valence-corrected chi connectivity index (χ1v) is 9.75. The van der Waals surface area contributed by atoms with Crippen molar-refractivity contribution in [2.75, 3.05) is 19.1 Å². The zero-order valence-corrected chi connectivity index (χ0v) is 16.9. The SMILES string of the molecule is CCCOc1c(I)cc(C=NNc2nc3ccccc3s2)cc1OC. The molecular weight excluding hydrogens is 449 g/mol. The summed E-state index contributed by atoms with van der Waals surface area (Å²) in [6.45, 7) is 2.74. The number of ether oxygens (including phenoxy) is 2. The van der Waals surface area contributed by atoms with Crippen LogP contribution in [0.3, 0.4) is 0 Å². The maximum atomic E-state index is 5.77. The largest absolute Gasteiger partial charge is 0.493 e. The number of hydrogen-bond acceptors (Lipinski definition) is 6. The van der Waals surface area contributed by atoms with Crippen molar-refractivity contribution >= 4 is 55.5 Å². The molecule has 0 spiro atoms. The first-order chi connectivity index (χ1) is 12.2. The summed E-state index contributed by atoms with van der Waals surface area (Å²) in [6.07, 6.45) is 2.70. The highest BCUT2D eigenvalue weighted by Crippen LogP contribution is 2.33. The van der Waals surface area contributed by atoms with Crippen LogP contribution >= 0.6 is 33.9 Å². The molecule has 3 rings (SSSR count). The molecule has 0 atom stereocenters. The third kappa shape index (κ3) is 4.40. The minimum atomic E-state index is 0.666. The number of fused-ring (bicyclic) bond motifs is 1. The molecule has 5 nitrogen and oxygen atoms in total. The number of hydrazone groups is 1. The summed E-state index contributed by atoms with van der Waals surface area (Å²) >= 11 is 3.82. The van der Waals surface area contributed by atoms with Gasteiger partial charge < -0.3 is 9.47 Å². The van der Waals surface area contributed by atoms with Crippen LogP contribution in [0.25, 0.3) is 10.2 Å². The van der Waals surface area contributed by atoms with E-state index in [-0.39, 0.29) is 0 Å². The summed E-state index contributed by atoms with van der Waals surface area (Å²) in [6, 6.07) is 11.9. The van der Waals surface area contributed by atoms with Crippen molar-refractivity contribution < 1.29 is 9.47 Å². The smallest absolute Gasteiger partial charge is 0.204 e. The summed E-state index contributed by atoms with van der Waals surface area (Å²) in [4.78, 5) is 4.49. The van der Waals surface area contributed by atoms with Crippen LogP contribution in [-0.2, 0) is 0 Å². The molecule has 25 heavy (non-hydrogen) atoms. The molecule has 1 heterocycles. The monoisotopic (exact) mass is 467 g/mol. The molecule has 0 aliphatic rings. The lowest BCUT2D eigenvalue weighted by Crippen LogP contribution is -2.01. The maximum absolute atomic E-state index is 5.77. The lowest BCUT2D eigenvalue weighted by molar-refractivity contribution is 0.292. The number of anilines is 1. The number of thiazole rings is 1. The maximum Gasteiger partial charge on any atom is 0.204 e. The Morgan fingerprint density at radius 3 is 2.92 bits per heavy atom. The molecule has 1 N–H and O–H groups in total. The molecule has 0 saturated heterocycles. The van der Waals surface area contributed by atoms with Gasteiger partial charge in [0.15, 0.2) is 11.5 Å². The number of para-hydroxylation sites is 1. The molecule has 0 aliphatic heterocycles. The lowest BCUT2D eigenvalue weighted by Gasteiger charge is -2.12. The van der Waals surface area contributed by atoms with Crippen LogP contribution in [0, 0.1) is 3.57 Å². The van der Waals surface area contributed by atoms with E-state index in [0.717, 1.165) is 36.7 Å². The standard InChI is InChI=1S/C18H18IN3O2S/c1-3-8-24-17-13(19)9-12(10-15(17)23-2)11-20-22-18-21-14-6-4-5-7-16(14)25-18/h4-7,9-11H,3,8H2,1-2H3,(H,21,22). The topological polar surface area (TPSA) is 55.7 Å². The predicted octanol–water partition coefficient (Wildman–Crippen LogP) is 5.14. The van der Waals surface area contributed by atoms with E-state index >= 15 is 0 Å². The van der Waals surface area contributed by atoms with Gasteiger partial charge in [0, 0.05) is 0 Å². The van der Waals surface area contributed by atoms with Gasteiger partial charge in [-0.2, -0.15) is 5.10 Å². The quantitative estimate of drug-likeness (QED) is 0.297. The Balaban J connectivity index is 1.75. The molecular formula is C18H18IN3O2S. The van der Waals surface area contributed by atoms with E-state index in [1.54, 1.807) is 24.7 Å². The van der Waals surface area contributed by atoms with Gasteiger partial charge in [-0.3, -0.25) is 5.43 Å². The van der Waals surface area contributed by atoms with Gasteiger partial charge >= 0.3 is 0 Å². The second-order valence-corrected chi connectivity index (χ2v) is 7.43. The first kappa shape index (κ1) is 17.9. The second-order valence-electron chi connectivity index (χ2n) is 5.24. The highest BCUT2D eigenvalue weighted by molar-refractivity contribution is 14.1. The van der Waals surface area contributed by atoms with E-state index in [1.165, 1.54) is 0 Å². The van der Waals surface area contributed by atoms with Crippen LogP contribution < -0.4 is 14.9 Å². The lowest BCUT2D eigenvalue weighted by atomic mass is 10.2. The van der Waals surface area contributed by atoms with Crippen LogP contribution in [0.2, 0.25) is 0 Å². The van der Waals surface area contributed by atoms with Gasteiger partial charge in [-0.25, -0.2) is 4.98 Å². The van der Waals surface area contributed by atoms with Gasteiger partial charge in [0.1, 0.15) is 0 Å². The van der Waals surface area contributed by atoms with E-state index in [4.69, 9.17) is 9.47 Å². The molecule has 7 heteroatoms. The molecule has 1 aromatic heterocycles. The molecule has 130 valence electrons. The van der Waals surface area contributed by atoms with Crippen molar-refractivity contribution in [2.45, 2.75) is 13.3 Å². The molecule has 0 saturated carbocycles. The van der Waals surface area contributed by atoms with Gasteiger partial charge in [0.05, 0.1) is 33.7 Å². The van der Waals surface area contributed by atoms with Crippen molar-refractivity contribution in [2.24, 2.45) is 5.10 Å². The van der Waals surface area contributed by atoms with Gasteiger partial charge in [-0.15, -0.1) is 0 Å². The van der Waals surface area contributed by atoms with E-state index < -0.39 is 0 Å². The Hall–Kier alpha value is -1.87. The molecule has 0 bridgehead atoms. The number of benzene rings is 2. The Kier molecular flexibility index (Phi) is 6.09. The van der Waals surface area contributed by atoms with Crippen LogP contribution in [0.1, 0.15) is 18.9 Å². The molecule has 0 amide bonds. The third-order valence-electron chi connectivity index (χ3n) is 3.37. The molecule has 0 unspecified atom stereocenters. The number of nitrogens with zero attached hydrogens (tertiary/aromatic N) is 2. The minimum absolute atomic E-state index is 0.666. The van der Waals surface area contributed by atoms with Crippen molar-refractivity contribution in [3.05, 3.63) is 45.5 Å². The zero-order valence-electron chi connectivity index (χ0n) is 14.0. The average molecular weight is 467 g/mol. The Morgan fingerprint density at radius 1 is 1.32 bits per heavy atom. The normalized spacial score (nSPS) is 11.2. The van der Waals surface area contributed by atoms with Gasteiger partial charge in [-0.05, 0) is 58.8 Å². The number of methoxy groups -OCH3 is 1. The zero-order chi connectivity index (χ0) is 17.6. The number of aromatic nitrogens is 1. The van der Waals surface area contributed by atoms with Crippen LogP contribution in [0.5, 0.6) is 11.5 Å². The van der Waals surface area contributed by atoms with Crippen molar-refractivity contribution in [3.63, 3.8) is 0 Å². The highest BCUT2D eigenvalue weighted by atomic mass is 127. The van der Waals surface area contributed by atoms with Gasteiger partial charge in [0.2, 0.25) is 5.13 Å². The molecule has 0 fully saturated rings. The molecule has 0 radical (unpaired) electrons.